The number of ether oxygens (including phenoxy) is 4. The molecule has 40 heavy (non-hydrogen) atoms. The van der Waals surface area contributed by atoms with Crippen molar-refractivity contribution in [1.29, 1.82) is 0 Å². The van der Waals surface area contributed by atoms with E-state index < -0.39 is 18.3 Å². The Morgan fingerprint density at radius 2 is 1.40 bits per heavy atom. The van der Waals surface area contributed by atoms with E-state index in [0.717, 1.165) is 17.7 Å². The Kier molecular flexibility index (Phi) is 21.1. The van der Waals surface area contributed by atoms with Crippen molar-refractivity contribution < 1.29 is 33.3 Å². The fourth-order valence-electron chi connectivity index (χ4n) is 4.05. The van der Waals surface area contributed by atoms with Gasteiger partial charge >= 0.3 is 18.3 Å². The van der Waals surface area contributed by atoms with Crippen LogP contribution in [0.1, 0.15) is 104 Å². The Hall–Kier alpha value is -2.88. The molecule has 10 nitrogen and oxygen atoms in total. The van der Waals surface area contributed by atoms with Crippen molar-refractivity contribution in [1.82, 2.24) is 15.2 Å². The zero-order valence-corrected chi connectivity index (χ0v) is 24.9. The summed E-state index contributed by atoms with van der Waals surface area (Å²) in [6.07, 6.45) is 14.7. The van der Waals surface area contributed by atoms with E-state index in [1.54, 1.807) is 31.3 Å². The van der Waals surface area contributed by atoms with Gasteiger partial charge < -0.3 is 24.3 Å². The van der Waals surface area contributed by atoms with Gasteiger partial charge in [-0.3, -0.25) is 4.98 Å². The van der Waals surface area contributed by atoms with E-state index in [1.165, 1.54) is 64.2 Å². The minimum Gasteiger partial charge on any atom is -0.449 e. The first-order valence-corrected chi connectivity index (χ1v) is 15.0. The number of rotatable bonds is 22. The zero-order chi connectivity index (χ0) is 29.3. The van der Waals surface area contributed by atoms with Crippen LogP contribution in [0.4, 0.5) is 14.4 Å². The third-order valence-corrected chi connectivity index (χ3v) is 6.27. The molecule has 0 aliphatic carbocycles. The molecule has 0 spiro atoms. The van der Waals surface area contributed by atoms with Gasteiger partial charge in [0.05, 0.1) is 32.1 Å². The summed E-state index contributed by atoms with van der Waals surface area (Å²) in [4.78, 5) is 41.5. The molecule has 0 saturated carbocycles. The summed E-state index contributed by atoms with van der Waals surface area (Å²) in [6.45, 7) is 6.20. The molecule has 1 aromatic heterocycles. The van der Waals surface area contributed by atoms with Crippen molar-refractivity contribution >= 4 is 18.3 Å². The molecule has 228 valence electrons. The Morgan fingerprint density at radius 3 is 2.00 bits per heavy atom. The molecule has 0 radical (unpaired) electrons. The van der Waals surface area contributed by atoms with E-state index in [2.05, 4.69) is 17.2 Å². The first kappa shape index (κ1) is 35.1. The highest BCUT2D eigenvalue weighted by molar-refractivity contribution is 5.87. The summed E-state index contributed by atoms with van der Waals surface area (Å²) in [6, 6.07) is 5.24. The summed E-state index contributed by atoms with van der Waals surface area (Å²) in [5.41, 5.74) is 0.521. The predicted molar refractivity (Wildman–Crippen MR) is 154 cm³/mol. The van der Waals surface area contributed by atoms with Crippen LogP contribution in [0.25, 0.3) is 0 Å². The monoisotopic (exact) mass is 565 g/mol. The quantitative estimate of drug-likeness (QED) is 0.118. The van der Waals surface area contributed by atoms with Gasteiger partial charge in [-0.1, -0.05) is 83.6 Å². The van der Waals surface area contributed by atoms with Crippen molar-refractivity contribution in [2.45, 2.75) is 110 Å². The minimum absolute atomic E-state index is 0.0554. The Balaban J connectivity index is 2.06. The lowest BCUT2D eigenvalue weighted by Crippen LogP contribution is -2.38. The largest absolute Gasteiger partial charge is 0.449 e. The number of aromatic nitrogens is 1. The molecule has 0 aliphatic heterocycles. The Morgan fingerprint density at radius 1 is 0.800 bits per heavy atom. The lowest BCUT2D eigenvalue weighted by molar-refractivity contribution is 0.0332. The maximum atomic E-state index is 12.4. The van der Waals surface area contributed by atoms with Crippen LogP contribution in [0.3, 0.4) is 0 Å². The van der Waals surface area contributed by atoms with E-state index in [0.29, 0.717) is 5.69 Å². The van der Waals surface area contributed by atoms with Gasteiger partial charge in [0, 0.05) is 12.2 Å². The molecule has 0 aliphatic rings. The number of nitrogens with one attached hydrogen (secondary N) is 1. The van der Waals surface area contributed by atoms with Gasteiger partial charge in [-0.2, -0.15) is 0 Å². The van der Waals surface area contributed by atoms with Crippen molar-refractivity contribution in [3.63, 3.8) is 0 Å². The molecule has 1 rings (SSSR count). The minimum atomic E-state index is -0.852. The van der Waals surface area contributed by atoms with Crippen LogP contribution in [0, 0.1) is 0 Å². The molecular formula is C30H51N3O7. The zero-order valence-electron chi connectivity index (χ0n) is 24.9. The van der Waals surface area contributed by atoms with E-state index in [1.807, 2.05) is 6.92 Å². The van der Waals surface area contributed by atoms with Crippen molar-refractivity contribution in [2.75, 3.05) is 33.0 Å². The number of unbranched alkanes of at least 4 members (excludes halogenated alkanes) is 10. The van der Waals surface area contributed by atoms with Gasteiger partial charge in [-0.15, -0.1) is 0 Å². The van der Waals surface area contributed by atoms with Crippen LogP contribution in [-0.2, 0) is 25.5 Å². The van der Waals surface area contributed by atoms with Gasteiger partial charge in [0.25, 0.3) is 0 Å². The second kappa shape index (κ2) is 24.0. The molecule has 3 amide bonds. The molecule has 10 heteroatoms. The van der Waals surface area contributed by atoms with E-state index >= 15 is 0 Å². The summed E-state index contributed by atoms with van der Waals surface area (Å²) in [7, 11) is 0. The highest BCUT2D eigenvalue weighted by Crippen LogP contribution is 2.12. The predicted octanol–water partition coefficient (Wildman–Crippen LogP) is 7.01. The third-order valence-electron chi connectivity index (χ3n) is 6.27. The number of alkyl carbamates (subject to hydrolysis) is 1. The molecule has 1 aromatic rings. The van der Waals surface area contributed by atoms with Crippen molar-refractivity contribution in [3.8, 4) is 0 Å². The van der Waals surface area contributed by atoms with Crippen molar-refractivity contribution in [2.24, 2.45) is 0 Å². The molecule has 1 heterocycles. The number of hydrogen-bond donors (Lipinski definition) is 1. The van der Waals surface area contributed by atoms with Gasteiger partial charge in [0.1, 0.15) is 13.2 Å². The number of carbonyl (C=O) groups is 3. The molecule has 0 aromatic carbocycles. The average Bonchev–Trinajstić information content (AvgIpc) is 2.94. The van der Waals surface area contributed by atoms with Crippen LogP contribution >= 0.6 is 0 Å². The molecule has 0 fully saturated rings. The number of carbonyl (C=O) groups excluding carboxylic acids is 3. The van der Waals surface area contributed by atoms with Gasteiger partial charge in [0.2, 0.25) is 0 Å². The summed E-state index contributed by atoms with van der Waals surface area (Å²) >= 11 is 0. The Bertz CT molecular complexity index is 795. The highest BCUT2D eigenvalue weighted by Gasteiger charge is 2.25. The summed E-state index contributed by atoms with van der Waals surface area (Å²) in [5, 5.41) is 2.85. The highest BCUT2D eigenvalue weighted by atomic mass is 16.6. The first-order valence-electron chi connectivity index (χ1n) is 15.0. The molecule has 1 atom stereocenters. The van der Waals surface area contributed by atoms with Crippen LogP contribution in [0.5, 0.6) is 0 Å². The van der Waals surface area contributed by atoms with E-state index in [-0.39, 0.29) is 45.6 Å². The molecular weight excluding hydrogens is 514 g/mol. The fourth-order valence-corrected chi connectivity index (χ4v) is 4.05. The standard InChI is InChI=1S/C30H51N3O7/c1-4-6-7-8-9-10-11-12-13-14-15-18-26(3)32-28(34)39-23-21-37-22-24-40-30(36)33(29(35)38-5-2)25-27-19-16-17-20-31-27/h16-17,19-20,26H,4-15,18,21-25H2,1-3H3,(H,32,34). The third kappa shape index (κ3) is 18.4. The molecule has 0 saturated heterocycles. The number of nitrogens with zero attached hydrogens (tertiary/aromatic N) is 2. The van der Waals surface area contributed by atoms with E-state index in [4.69, 9.17) is 18.9 Å². The van der Waals surface area contributed by atoms with Crippen molar-refractivity contribution in [3.05, 3.63) is 30.1 Å². The maximum absolute atomic E-state index is 12.4. The van der Waals surface area contributed by atoms with Gasteiger partial charge in [-0.25, -0.2) is 19.3 Å². The topological polar surface area (TPSA) is 116 Å². The number of amides is 3. The SMILES string of the molecule is CCCCCCCCCCCCCC(C)NC(=O)OCCOCCOC(=O)N(Cc1ccccn1)C(=O)OCC. The second-order valence-corrected chi connectivity index (χ2v) is 9.84. The smallest absolute Gasteiger partial charge is 0.419 e. The van der Waals surface area contributed by atoms with Crippen LogP contribution in [-0.4, -0.2) is 67.2 Å². The van der Waals surface area contributed by atoms with E-state index in [9.17, 15) is 14.4 Å². The first-order chi connectivity index (χ1) is 19.5. The van der Waals surface area contributed by atoms with Gasteiger partial charge in [-0.05, 0) is 32.4 Å². The second-order valence-electron chi connectivity index (χ2n) is 9.84. The van der Waals surface area contributed by atoms with Crippen LogP contribution in [0.15, 0.2) is 24.4 Å². The Labute approximate surface area is 240 Å². The molecule has 0 bridgehead atoms. The molecule has 1 N–H and O–H groups in total. The normalized spacial score (nSPS) is 11.5. The average molecular weight is 566 g/mol. The molecule has 1 unspecified atom stereocenters. The summed E-state index contributed by atoms with van der Waals surface area (Å²) in [5.74, 6) is 0. The number of pyridine rings is 1. The maximum Gasteiger partial charge on any atom is 0.419 e. The van der Waals surface area contributed by atoms with Crippen LogP contribution < -0.4 is 5.32 Å². The lowest BCUT2D eigenvalue weighted by Gasteiger charge is -2.19. The fraction of sp³-hybridized carbons (Fsp3) is 0.733. The number of imide groups is 1. The van der Waals surface area contributed by atoms with Gasteiger partial charge in [0.15, 0.2) is 0 Å². The number of hydrogen-bond acceptors (Lipinski definition) is 8. The summed E-state index contributed by atoms with van der Waals surface area (Å²) < 4.78 is 20.6. The lowest BCUT2D eigenvalue weighted by atomic mass is 10.0. The van der Waals surface area contributed by atoms with Crippen LogP contribution in [0.2, 0.25) is 0 Å².